The van der Waals surface area contributed by atoms with E-state index in [1.807, 2.05) is 30.3 Å². The minimum Gasteiger partial charge on any atom is -0.454 e. The Kier molecular flexibility index (Phi) is 6.90. The molecule has 2 aromatic carbocycles. The Balaban J connectivity index is 1.40. The number of hydrogen-bond acceptors (Lipinski definition) is 7. The summed E-state index contributed by atoms with van der Waals surface area (Å²) in [6, 6.07) is 12.9. The van der Waals surface area contributed by atoms with E-state index in [2.05, 4.69) is 24.3 Å². The predicted octanol–water partition coefficient (Wildman–Crippen LogP) is 3.46. The molecule has 0 bridgehead atoms. The van der Waals surface area contributed by atoms with Crippen LogP contribution in [0.1, 0.15) is 37.8 Å². The van der Waals surface area contributed by atoms with Gasteiger partial charge in [-0.1, -0.05) is 31.1 Å². The van der Waals surface area contributed by atoms with Crippen molar-refractivity contribution in [3.63, 3.8) is 0 Å². The van der Waals surface area contributed by atoms with Crippen molar-refractivity contribution in [1.29, 1.82) is 0 Å². The number of ether oxygens (including phenoxy) is 3. The van der Waals surface area contributed by atoms with E-state index in [4.69, 9.17) is 19.0 Å². The number of rotatable bonds is 8. The molecule has 2 aromatic rings. The Morgan fingerprint density at radius 2 is 1.80 bits per heavy atom. The first-order chi connectivity index (χ1) is 14.4. The first kappa shape index (κ1) is 21.2. The van der Waals surface area contributed by atoms with Crippen LogP contribution in [-0.2, 0) is 19.2 Å². The largest absolute Gasteiger partial charge is 0.454 e. The van der Waals surface area contributed by atoms with E-state index in [0.29, 0.717) is 28.8 Å². The maximum atomic E-state index is 11.9. The summed E-state index contributed by atoms with van der Waals surface area (Å²) in [5, 5.41) is 6.57. The van der Waals surface area contributed by atoms with Crippen molar-refractivity contribution in [2.45, 2.75) is 26.7 Å². The van der Waals surface area contributed by atoms with Crippen molar-refractivity contribution in [3.05, 3.63) is 53.6 Å². The lowest BCUT2D eigenvalue weighted by atomic mass is 10.0. The van der Waals surface area contributed by atoms with Crippen molar-refractivity contribution < 1.29 is 28.6 Å². The summed E-state index contributed by atoms with van der Waals surface area (Å²) < 4.78 is 15.5. The van der Waals surface area contributed by atoms with Crippen LogP contribution in [0.15, 0.2) is 47.6 Å². The molecule has 0 saturated heterocycles. The Morgan fingerprint density at radius 1 is 1.07 bits per heavy atom. The molecule has 30 heavy (non-hydrogen) atoms. The maximum absolute atomic E-state index is 11.9. The minimum absolute atomic E-state index is 0.189. The number of oxime groups is 1. The molecular weight excluding hydrogens is 388 g/mol. The van der Waals surface area contributed by atoms with Gasteiger partial charge in [-0.2, -0.15) is 0 Å². The molecular formula is C22H24N2O6. The number of hydrogen-bond donors (Lipinski definition) is 1. The van der Waals surface area contributed by atoms with Crippen molar-refractivity contribution >= 4 is 23.3 Å². The highest BCUT2D eigenvalue weighted by Crippen LogP contribution is 2.32. The molecule has 0 saturated carbocycles. The molecule has 0 radical (unpaired) electrons. The summed E-state index contributed by atoms with van der Waals surface area (Å²) in [6.07, 6.45) is 0. The first-order valence-corrected chi connectivity index (χ1v) is 9.54. The number of carbonyl (C=O) groups is 2. The quantitative estimate of drug-likeness (QED) is 0.405. The van der Waals surface area contributed by atoms with Gasteiger partial charge in [0, 0.05) is 11.3 Å². The molecule has 0 fully saturated rings. The van der Waals surface area contributed by atoms with Crippen molar-refractivity contribution in [1.82, 2.24) is 0 Å². The molecule has 1 amide bonds. The van der Waals surface area contributed by atoms with E-state index in [1.54, 1.807) is 19.1 Å². The standard InChI is InChI=1S/C22H24N2O6/c1-14(2)16-4-7-18(8-5-16)23-21(25)11-27-22(26)12-30-24-15(3)17-6-9-19-20(10-17)29-13-28-19/h4-10,14H,11-13H2,1-3H3,(H,23,25)/b24-15+. The topological polar surface area (TPSA) is 95.5 Å². The van der Waals surface area contributed by atoms with Gasteiger partial charge >= 0.3 is 5.97 Å². The second kappa shape index (κ2) is 9.78. The van der Waals surface area contributed by atoms with E-state index in [0.717, 1.165) is 5.56 Å². The normalized spacial score (nSPS) is 12.6. The van der Waals surface area contributed by atoms with E-state index < -0.39 is 25.1 Å². The van der Waals surface area contributed by atoms with Crippen molar-refractivity contribution in [2.75, 3.05) is 25.3 Å². The van der Waals surface area contributed by atoms with Gasteiger partial charge in [0.05, 0.1) is 5.71 Å². The van der Waals surface area contributed by atoms with Gasteiger partial charge in [0.15, 0.2) is 18.1 Å². The van der Waals surface area contributed by atoms with E-state index in [1.165, 1.54) is 5.56 Å². The lowest BCUT2D eigenvalue weighted by Crippen LogP contribution is -2.22. The summed E-state index contributed by atoms with van der Waals surface area (Å²) in [5.74, 6) is 0.590. The highest BCUT2D eigenvalue weighted by atomic mass is 16.7. The number of nitrogens with one attached hydrogen (secondary N) is 1. The number of esters is 1. The number of fused-ring (bicyclic) bond motifs is 1. The van der Waals surface area contributed by atoms with E-state index in [-0.39, 0.29) is 6.79 Å². The second-order valence-electron chi connectivity index (χ2n) is 7.00. The van der Waals surface area contributed by atoms with Crippen LogP contribution in [0, 0.1) is 0 Å². The second-order valence-corrected chi connectivity index (χ2v) is 7.00. The number of amides is 1. The summed E-state index contributed by atoms with van der Waals surface area (Å²) >= 11 is 0. The third-order valence-corrected chi connectivity index (χ3v) is 4.40. The van der Waals surface area contributed by atoms with E-state index in [9.17, 15) is 9.59 Å². The monoisotopic (exact) mass is 412 g/mol. The minimum atomic E-state index is -0.692. The lowest BCUT2D eigenvalue weighted by Gasteiger charge is -2.09. The fraction of sp³-hybridized carbons (Fsp3) is 0.318. The molecule has 1 heterocycles. The lowest BCUT2D eigenvalue weighted by molar-refractivity contribution is -0.151. The van der Waals surface area contributed by atoms with Gasteiger partial charge in [0.1, 0.15) is 0 Å². The van der Waals surface area contributed by atoms with Crippen LogP contribution in [0.3, 0.4) is 0 Å². The highest BCUT2D eigenvalue weighted by Gasteiger charge is 2.14. The summed E-state index contributed by atoms with van der Waals surface area (Å²) in [6.45, 7) is 5.30. The molecule has 3 rings (SSSR count). The Morgan fingerprint density at radius 3 is 2.53 bits per heavy atom. The molecule has 8 heteroatoms. The fourth-order valence-corrected chi connectivity index (χ4v) is 2.69. The molecule has 1 aliphatic heterocycles. The van der Waals surface area contributed by atoms with Gasteiger partial charge in [-0.25, -0.2) is 4.79 Å². The molecule has 158 valence electrons. The molecule has 0 aliphatic carbocycles. The first-order valence-electron chi connectivity index (χ1n) is 9.54. The fourth-order valence-electron chi connectivity index (χ4n) is 2.69. The van der Waals surface area contributed by atoms with Gasteiger partial charge in [-0.15, -0.1) is 0 Å². The van der Waals surface area contributed by atoms with Crippen LogP contribution < -0.4 is 14.8 Å². The van der Waals surface area contributed by atoms with Crippen LogP contribution >= 0.6 is 0 Å². The zero-order valence-electron chi connectivity index (χ0n) is 17.1. The molecule has 0 atom stereocenters. The highest BCUT2D eigenvalue weighted by molar-refractivity contribution is 5.99. The van der Waals surface area contributed by atoms with Gasteiger partial charge in [0.25, 0.3) is 5.91 Å². The zero-order chi connectivity index (χ0) is 21.5. The Hall–Kier alpha value is -3.55. The van der Waals surface area contributed by atoms with Gasteiger partial charge in [0.2, 0.25) is 13.4 Å². The Labute approximate surface area is 174 Å². The number of benzene rings is 2. The number of nitrogens with zero attached hydrogens (tertiary/aromatic N) is 1. The number of anilines is 1. The van der Waals surface area contributed by atoms with Crippen molar-refractivity contribution in [3.8, 4) is 11.5 Å². The van der Waals surface area contributed by atoms with Crippen LogP contribution in [0.2, 0.25) is 0 Å². The van der Waals surface area contributed by atoms with Gasteiger partial charge in [-0.3, -0.25) is 4.79 Å². The van der Waals surface area contributed by atoms with Crippen LogP contribution in [0.25, 0.3) is 0 Å². The average Bonchev–Trinajstić information content (AvgIpc) is 3.20. The summed E-state index contributed by atoms with van der Waals surface area (Å²) in [4.78, 5) is 28.7. The molecule has 0 aromatic heterocycles. The average molecular weight is 412 g/mol. The summed E-state index contributed by atoms with van der Waals surface area (Å²) in [5.41, 5.74) is 3.15. The predicted molar refractivity (Wildman–Crippen MR) is 111 cm³/mol. The molecule has 1 N–H and O–H groups in total. The SMILES string of the molecule is C/C(=N\OCC(=O)OCC(=O)Nc1ccc(C(C)C)cc1)c1ccc2c(c1)OCO2. The third kappa shape index (κ3) is 5.73. The number of carbonyl (C=O) groups excluding carboxylic acids is 2. The summed E-state index contributed by atoms with van der Waals surface area (Å²) in [7, 11) is 0. The van der Waals surface area contributed by atoms with E-state index >= 15 is 0 Å². The maximum Gasteiger partial charge on any atom is 0.347 e. The van der Waals surface area contributed by atoms with Gasteiger partial charge in [-0.05, 0) is 48.7 Å². The zero-order valence-corrected chi connectivity index (χ0v) is 17.1. The van der Waals surface area contributed by atoms with Crippen molar-refractivity contribution in [2.24, 2.45) is 5.16 Å². The molecule has 0 unspecified atom stereocenters. The smallest absolute Gasteiger partial charge is 0.347 e. The molecule has 8 nitrogen and oxygen atoms in total. The van der Waals surface area contributed by atoms with Gasteiger partial charge < -0.3 is 24.4 Å². The third-order valence-electron chi connectivity index (χ3n) is 4.40. The Bertz CT molecular complexity index is 937. The van der Waals surface area contributed by atoms with Crippen LogP contribution in [0.5, 0.6) is 11.5 Å². The molecule has 1 aliphatic rings. The van der Waals surface area contributed by atoms with Crippen LogP contribution in [-0.4, -0.2) is 37.6 Å². The van der Waals surface area contributed by atoms with Crippen LogP contribution in [0.4, 0.5) is 5.69 Å². The molecule has 0 spiro atoms.